The number of nitrogens with zero attached hydrogens (tertiary/aromatic N) is 3. The number of aromatic nitrogens is 3. The van der Waals surface area contributed by atoms with Crippen LogP contribution in [-0.2, 0) is 0 Å². The van der Waals surface area contributed by atoms with Crippen LogP contribution in [0.25, 0.3) is 27.8 Å². The normalized spacial score (nSPS) is 11.0. The van der Waals surface area contributed by atoms with E-state index in [-0.39, 0.29) is 0 Å². The Balaban J connectivity index is 1.79. The highest BCUT2D eigenvalue weighted by molar-refractivity contribution is 5.83. The maximum atomic E-state index is 4.76. The molecule has 0 aliphatic heterocycles. The minimum Gasteiger partial charge on any atom is -0.306 e. The van der Waals surface area contributed by atoms with Gasteiger partial charge in [0.25, 0.3) is 0 Å². The molecule has 22 heavy (non-hydrogen) atoms. The molecule has 0 aliphatic carbocycles. The summed E-state index contributed by atoms with van der Waals surface area (Å²) in [6.45, 7) is 1.99. The van der Waals surface area contributed by atoms with Crippen LogP contribution in [-0.4, -0.2) is 14.5 Å². The molecule has 0 N–H and O–H groups in total. The number of benzene rings is 2. The predicted molar refractivity (Wildman–Crippen MR) is 89.0 cm³/mol. The Bertz CT molecular complexity index is 939. The molecule has 2 heterocycles. The second-order valence-electron chi connectivity index (χ2n) is 5.36. The van der Waals surface area contributed by atoms with E-state index in [1.807, 2.05) is 42.2 Å². The van der Waals surface area contributed by atoms with Crippen LogP contribution in [0, 0.1) is 6.92 Å². The van der Waals surface area contributed by atoms with E-state index in [4.69, 9.17) is 4.98 Å². The molecule has 0 atom stereocenters. The summed E-state index contributed by atoms with van der Waals surface area (Å²) >= 11 is 0. The van der Waals surface area contributed by atoms with Gasteiger partial charge in [-0.1, -0.05) is 36.4 Å². The average molecular weight is 285 g/mol. The molecule has 106 valence electrons. The number of aryl methyl sites for hydroxylation is 1. The first kappa shape index (κ1) is 12.8. The number of hydrogen-bond acceptors (Lipinski definition) is 2. The van der Waals surface area contributed by atoms with Gasteiger partial charge in [0, 0.05) is 22.8 Å². The fraction of sp³-hybridized carbons (Fsp3) is 0.0526. The van der Waals surface area contributed by atoms with Gasteiger partial charge < -0.3 is 4.57 Å². The topological polar surface area (TPSA) is 30.7 Å². The molecule has 0 saturated carbocycles. The monoisotopic (exact) mass is 285 g/mol. The number of rotatable bonds is 2. The van der Waals surface area contributed by atoms with Crippen molar-refractivity contribution in [3.63, 3.8) is 0 Å². The number of pyridine rings is 1. The zero-order valence-electron chi connectivity index (χ0n) is 12.3. The maximum Gasteiger partial charge on any atom is 0.0995 e. The van der Waals surface area contributed by atoms with Gasteiger partial charge in [-0.05, 0) is 31.2 Å². The molecule has 3 heteroatoms. The number of hydrogen-bond donors (Lipinski definition) is 0. The third-order valence-electron chi connectivity index (χ3n) is 3.75. The van der Waals surface area contributed by atoms with Gasteiger partial charge in [-0.3, -0.25) is 0 Å². The fourth-order valence-corrected chi connectivity index (χ4v) is 2.61. The third kappa shape index (κ3) is 2.27. The van der Waals surface area contributed by atoms with Gasteiger partial charge >= 0.3 is 0 Å². The Kier molecular flexibility index (Phi) is 2.97. The summed E-state index contributed by atoms with van der Waals surface area (Å²) in [5.74, 6) is 0. The Morgan fingerprint density at radius 2 is 1.77 bits per heavy atom. The molecular formula is C19H15N3. The van der Waals surface area contributed by atoms with Crippen LogP contribution in [0.4, 0.5) is 0 Å². The first-order chi connectivity index (χ1) is 10.8. The molecule has 2 aromatic carbocycles. The number of fused-ring (bicyclic) bond motifs is 1. The van der Waals surface area contributed by atoms with E-state index >= 15 is 0 Å². The van der Waals surface area contributed by atoms with Crippen molar-refractivity contribution >= 4 is 10.9 Å². The van der Waals surface area contributed by atoms with Crippen molar-refractivity contribution in [1.82, 2.24) is 14.5 Å². The summed E-state index contributed by atoms with van der Waals surface area (Å²) < 4.78 is 2.03. The molecule has 0 radical (unpaired) electrons. The molecule has 0 unspecified atom stereocenters. The molecule has 0 amide bonds. The molecular weight excluding hydrogens is 270 g/mol. The molecule has 0 bridgehead atoms. The van der Waals surface area contributed by atoms with Crippen LogP contribution in [0.2, 0.25) is 0 Å². The lowest BCUT2D eigenvalue weighted by Gasteiger charge is -2.06. The summed E-state index contributed by atoms with van der Waals surface area (Å²) in [7, 11) is 0. The van der Waals surface area contributed by atoms with Gasteiger partial charge in [0.2, 0.25) is 0 Å². The van der Waals surface area contributed by atoms with Gasteiger partial charge in [-0.25, -0.2) is 9.97 Å². The smallest absolute Gasteiger partial charge is 0.0995 e. The third-order valence-corrected chi connectivity index (χ3v) is 3.75. The van der Waals surface area contributed by atoms with Crippen molar-refractivity contribution in [3.8, 4) is 16.9 Å². The van der Waals surface area contributed by atoms with E-state index in [0.717, 1.165) is 33.5 Å². The van der Waals surface area contributed by atoms with E-state index in [0.29, 0.717) is 0 Å². The van der Waals surface area contributed by atoms with E-state index in [2.05, 4.69) is 47.4 Å². The molecule has 0 fully saturated rings. The highest BCUT2D eigenvalue weighted by atomic mass is 15.0. The quantitative estimate of drug-likeness (QED) is 0.546. The van der Waals surface area contributed by atoms with E-state index in [1.165, 1.54) is 0 Å². The van der Waals surface area contributed by atoms with Crippen molar-refractivity contribution in [2.75, 3.05) is 0 Å². The Hall–Kier alpha value is -2.94. The first-order valence-electron chi connectivity index (χ1n) is 7.27. The standard InChI is InChI=1S/C19H15N3/c1-14-12-22(13-20-14)17-8-10-19-16(11-17)7-9-18(21-19)15-5-3-2-4-6-15/h2-13H,1H3. The minimum absolute atomic E-state index is 0.999. The summed E-state index contributed by atoms with van der Waals surface area (Å²) in [4.78, 5) is 9.03. The van der Waals surface area contributed by atoms with Crippen LogP contribution >= 0.6 is 0 Å². The van der Waals surface area contributed by atoms with E-state index < -0.39 is 0 Å². The largest absolute Gasteiger partial charge is 0.306 e. The fourth-order valence-electron chi connectivity index (χ4n) is 2.61. The van der Waals surface area contributed by atoms with Crippen molar-refractivity contribution in [2.45, 2.75) is 6.92 Å². The molecule has 0 saturated heterocycles. The van der Waals surface area contributed by atoms with Crippen molar-refractivity contribution in [1.29, 1.82) is 0 Å². The van der Waals surface area contributed by atoms with Crippen molar-refractivity contribution in [3.05, 3.63) is 78.9 Å². The predicted octanol–water partition coefficient (Wildman–Crippen LogP) is 4.40. The van der Waals surface area contributed by atoms with Crippen LogP contribution in [0.5, 0.6) is 0 Å². The summed E-state index contributed by atoms with van der Waals surface area (Å²) in [6, 6.07) is 20.7. The zero-order valence-corrected chi connectivity index (χ0v) is 12.3. The molecule has 3 nitrogen and oxygen atoms in total. The van der Waals surface area contributed by atoms with E-state index in [9.17, 15) is 0 Å². The highest BCUT2D eigenvalue weighted by Crippen LogP contribution is 2.22. The minimum atomic E-state index is 0.999. The van der Waals surface area contributed by atoms with Gasteiger partial charge in [-0.15, -0.1) is 0 Å². The summed E-state index contributed by atoms with van der Waals surface area (Å²) in [5.41, 5.74) is 5.25. The SMILES string of the molecule is Cc1cn(-c2ccc3nc(-c4ccccc4)ccc3c2)cn1. The van der Waals surface area contributed by atoms with Gasteiger partial charge in [-0.2, -0.15) is 0 Å². The second kappa shape index (κ2) is 5.11. The van der Waals surface area contributed by atoms with Crippen molar-refractivity contribution < 1.29 is 0 Å². The molecule has 4 aromatic rings. The summed E-state index contributed by atoms with van der Waals surface area (Å²) in [6.07, 6.45) is 3.86. The number of imidazole rings is 1. The maximum absolute atomic E-state index is 4.76. The lowest BCUT2D eigenvalue weighted by molar-refractivity contribution is 1.06. The van der Waals surface area contributed by atoms with Gasteiger partial charge in [0.1, 0.15) is 0 Å². The van der Waals surface area contributed by atoms with Crippen LogP contribution in [0.15, 0.2) is 73.2 Å². The lowest BCUT2D eigenvalue weighted by atomic mass is 10.1. The molecule has 2 aromatic heterocycles. The molecule has 0 spiro atoms. The van der Waals surface area contributed by atoms with Crippen LogP contribution in [0.3, 0.4) is 0 Å². The molecule has 4 rings (SSSR count). The Morgan fingerprint density at radius 3 is 2.55 bits per heavy atom. The second-order valence-corrected chi connectivity index (χ2v) is 5.36. The summed E-state index contributed by atoms with van der Waals surface area (Å²) in [5, 5.41) is 1.13. The average Bonchev–Trinajstić information content (AvgIpc) is 3.01. The van der Waals surface area contributed by atoms with Gasteiger partial charge in [0.15, 0.2) is 0 Å². The highest BCUT2D eigenvalue weighted by Gasteiger charge is 2.03. The van der Waals surface area contributed by atoms with Crippen LogP contribution < -0.4 is 0 Å². The van der Waals surface area contributed by atoms with Crippen molar-refractivity contribution in [2.24, 2.45) is 0 Å². The van der Waals surface area contributed by atoms with Gasteiger partial charge in [0.05, 0.1) is 23.2 Å². The Labute approximate surface area is 128 Å². The lowest BCUT2D eigenvalue weighted by Crippen LogP contribution is -1.91. The van der Waals surface area contributed by atoms with E-state index in [1.54, 1.807) is 0 Å². The first-order valence-corrected chi connectivity index (χ1v) is 7.27. The van der Waals surface area contributed by atoms with Crippen LogP contribution in [0.1, 0.15) is 5.69 Å². The Morgan fingerprint density at radius 1 is 0.909 bits per heavy atom. The molecule has 0 aliphatic rings. The zero-order chi connectivity index (χ0) is 14.9.